The second-order valence-electron chi connectivity index (χ2n) is 7.19. The van der Waals surface area contributed by atoms with Crippen molar-refractivity contribution in [3.05, 3.63) is 45.1 Å². The first-order valence-corrected chi connectivity index (χ1v) is 10.4. The van der Waals surface area contributed by atoms with Crippen molar-refractivity contribution in [2.75, 3.05) is 23.4 Å². The van der Waals surface area contributed by atoms with Crippen molar-refractivity contribution in [3.8, 4) is 0 Å². The summed E-state index contributed by atoms with van der Waals surface area (Å²) in [5, 5.41) is 23.8. The lowest BCUT2D eigenvalue weighted by molar-refractivity contribution is -0.384. The SMILES string of the molecule is CCCc1cc(N2CCCCC2CCO)nc(Nc2ccc(Cl)c([N+](=O)[O-])c2)n1.Cl. The van der Waals surface area contributed by atoms with Gasteiger partial charge >= 0.3 is 0 Å². The van der Waals surface area contributed by atoms with Gasteiger partial charge in [-0.2, -0.15) is 4.98 Å². The molecule has 2 aromatic rings. The van der Waals surface area contributed by atoms with Crippen LogP contribution in [0.4, 0.5) is 23.1 Å². The van der Waals surface area contributed by atoms with Crippen LogP contribution >= 0.6 is 24.0 Å². The molecule has 1 fully saturated rings. The second-order valence-corrected chi connectivity index (χ2v) is 7.60. The molecular weight excluding hydrogens is 429 g/mol. The van der Waals surface area contributed by atoms with Gasteiger partial charge in [0.15, 0.2) is 0 Å². The van der Waals surface area contributed by atoms with Crippen LogP contribution in [-0.2, 0) is 6.42 Å². The topological polar surface area (TPSA) is 104 Å². The summed E-state index contributed by atoms with van der Waals surface area (Å²) >= 11 is 5.91. The van der Waals surface area contributed by atoms with E-state index in [9.17, 15) is 15.2 Å². The van der Waals surface area contributed by atoms with Crippen LogP contribution in [0.15, 0.2) is 24.3 Å². The van der Waals surface area contributed by atoms with Gasteiger partial charge in [-0.1, -0.05) is 24.9 Å². The summed E-state index contributed by atoms with van der Waals surface area (Å²) in [5.41, 5.74) is 1.25. The van der Waals surface area contributed by atoms with Crippen LogP contribution in [-0.4, -0.2) is 39.2 Å². The lowest BCUT2D eigenvalue weighted by Crippen LogP contribution is -2.40. The van der Waals surface area contributed by atoms with Crippen molar-refractivity contribution in [2.45, 2.75) is 51.5 Å². The number of aryl methyl sites for hydroxylation is 1. The minimum absolute atomic E-state index is 0. The molecule has 2 N–H and O–H groups in total. The average Bonchev–Trinajstić information content (AvgIpc) is 2.70. The number of nitrogens with zero attached hydrogens (tertiary/aromatic N) is 4. The Morgan fingerprint density at radius 1 is 1.33 bits per heavy atom. The lowest BCUT2D eigenvalue weighted by Gasteiger charge is -2.36. The number of aromatic nitrogens is 2. The van der Waals surface area contributed by atoms with Crippen molar-refractivity contribution in [1.29, 1.82) is 0 Å². The van der Waals surface area contributed by atoms with E-state index in [1.54, 1.807) is 6.07 Å². The Bertz CT molecular complexity index is 866. The summed E-state index contributed by atoms with van der Waals surface area (Å²) in [4.78, 5) is 22.2. The third-order valence-electron chi connectivity index (χ3n) is 5.05. The number of hydrogen-bond donors (Lipinski definition) is 2. The summed E-state index contributed by atoms with van der Waals surface area (Å²) in [5.74, 6) is 1.23. The van der Waals surface area contributed by atoms with E-state index in [2.05, 4.69) is 27.1 Å². The molecule has 164 valence electrons. The molecule has 10 heteroatoms. The zero-order valence-electron chi connectivity index (χ0n) is 16.9. The van der Waals surface area contributed by atoms with E-state index in [4.69, 9.17) is 11.6 Å². The number of piperidine rings is 1. The molecule has 1 aliphatic heterocycles. The smallest absolute Gasteiger partial charge is 0.289 e. The number of nitrogens with one attached hydrogen (secondary N) is 1. The van der Waals surface area contributed by atoms with E-state index in [1.807, 2.05) is 6.07 Å². The number of aliphatic hydroxyl groups excluding tert-OH is 1. The van der Waals surface area contributed by atoms with Crippen molar-refractivity contribution in [1.82, 2.24) is 9.97 Å². The first kappa shape index (κ1) is 24.1. The van der Waals surface area contributed by atoms with Gasteiger partial charge in [-0.05, 0) is 44.2 Å². The van der Waals surface area contributed by atoms with E-state index in [-0.39, 0.29) is 35.8 Å². The fourth-order valence-electron chi connectivity index (χ4n) is 3.68. The molecule has 1 atom stereocenters. The number of rotatable bonds is 8. The molecule has 1 aliphatic rings. The number of hydrogen-bond acceptors (Lipinski definition) is 7. The lowest BCUT2D eigenvalue weighted by atomic mass is 9.99. The second kappa shape index (κ2) is 11.3. The van der Waals surface area contributed by atoms with Crippen LogP contribution in [0.1, 0.15) is 44.7 Å². The first-order valence-electron chi connectivity index (χ1n) is 9.98. The van der Waals surface area contributed by atoms with E-state index >= 15 is 0 Å². The molecule has 1 unspecified atom stereocenters. The molecule has 30 heavy (non-hydrogen) atoms. The van der Waals surface area contributed by atoms with Gasteiger partial charge in [0, 0.05) is 42.7 Å². The molecule has 0 aliphatic carbocycles. The molecule has 1 aromatic heterocycles. The maximum Gasteiger partial charge on any atom is 0.289 e. The normalized spacial score (nSPS) is 16.1. The van der Waals surface area contributed by atoms with Crippen molar-refractivity contribution in [3.63, 3.8) is 0 Å². The van der Waals surface area contributed by atoms with Crippen molar-refractivity contribution >= 4 is 47.1 Å². The summed E-state index contributed by atoms with van der Waals surface area (Å²) in [6.45, 7) is 3.12. The Morgan fingerprint density at radius 3 is 2.83 bits per heavy atom. The summed E-state index contributed by atoms with van der Waals surface area (Å²) in [6, 6.07) is 6.80. The van der Waals surface area contributed by atoms with Crippen molar-refractivity contribution < 1.29 is 10.0 Å². The maximum atomic E-state index is 11.2. The number of anilines is 3. The highest BCUT2D eigenvalue weighted by atomic mass is 35.5. The number of nitro benzene ring substituents is 1. The molecule has 0 bridgehead atoms. The molecule has 1 aromatic carbocycles. The molecular formula is C20H27Cl2N5O3. The molecule has 3 rings (SSSR count). The Labute approximate surface area is 187 Å². The largest absolute Gasteiger partial charge is 0.396 e. The molecule has 0 saturated carbocycles. The van der Waals surface area contributed by atoms with Crippen molar-refractivity contribution in [2.24, 2.45) is 0 Å². The van der Waals surface area contributed by atoms with E-state index in [1.165, 1.54) is 12.1 Å². The highest BCUT2D eigenvalue weighted by molar-refractivity contribution is 6.32. The van der Waals surface area contributed by atoms with E-state index in [0.717, 1.165) is 50.2 Å². The Hall–Kier alpha value is -2.16. The third-order valence-corrected chi connectivity index (χ3v) is 5.37. The average molecular weight is 456 g/mol. The van der Waals surface area contributed by atoms with Crippen LogP contribution in [0.5, 0.6) is 0 Å². The van der Waals surface area contributed by atoms with Gasteiger partial charge < -0.3 is 15.3 Å². The fraction of sp³-hybridized carbons (Fsp3) is 0.500. The Kier molecular flexibility index (Phi) is 9.08. The monoisotopic (exact) mass is 455 g/mol. The third kappa shape index (κ3) is 5.93. The zero-order valence-corrected chi connectivity index (χ0v) is 18.5. The van der Waals surface area contributed by atoms with E-state index < -0.39 is 4.92 Å². The van der Waals surface area contributed by atoms with Crippen LogP contribution in [0.2, 0.25) is 5.02 Å². The number of nitro groups is 1. The molecule has 1 saturated heterocycles. The molecule has 0 amide bonds. The first-order chi connectivity index (χ1) is 14.0. The van der Waals surface area contributed by atoms with Gasteiger partial charge in [0.1, 0.15) is 10.8 Å². The Morgan fingerprint density at radius 2 is 2.13 bits per heavy atom. The maximum absolute atomic E-state index is 11.2. The van der Waals surface area contributed by atoms with Gasteiger partial charge in [0.05, 0.1) is 4.92 Å². The predicted molar refractivity (Wildman–Crippen MR) is 121 cm³/mol. The highest BCUT2D eigenvalue weighted by Crippen LogP contribution is 2.30. The molecule has 0 spiro atoms. The zero-order chi connectivity index (χ0) is 20.8. The van der Waals surface area contributed by atoms with Crippen LogP contribution in [0.3, 0.4) is 0 Å². The highest BCUT2D eigenvalue weighted by Gasteiger charge is 2.24. The number of aliphatic hydroxyl groups is 1. The summed E-state index contributed by atoms with van der Waals surface area (Å²) in [7, 11) is 0. The molecule has 8 nitrogen and oxygen atoms in total. The van der Waals surface area contributed by atoms with Gasteiger partial charge in [-0.25, -0.2) is 4.98 Å². The summed E-state index contributed by atoms with van der Waals surface area (Å²) in [6.07, 6.45) is 5.72. The van der Waals surface area contributed by atoms with Crippen LogP contribution < -0.4 is 10.2 Å². The number of halogens is 2. The molecule has 0 radical (unpaired) electrons. The standard InChI is InChI=1S/C20H26ClN5O3.ClH/c1-2-5-14-13-19(25-10-4-3-6-16(25)9-11-27)24-20(22-14)23-15-7-8-17(21)18(12-15)26(28)29;/h7-8,12-13,16,27H,2-6,9-11H2,1H3,(H,22,23,24);1H. The van der Waals surface area contributed by atoms with Gasteiger partial charge in [0.25, 0.3) is 5.69 Å². The van der Waals surface area contributed by atoms with E-state index in [0.29, 0.717) is 18.1 Å². The fourth-order valence-corrected chi connectivity index (χ4v) is 3.87. The van der Waals surface area contributed by atoms with Gasteiger partial charge in [-0.15, -0.1) is 12.4 Å². The summed E-state index contributed by atoms with van der Waals surface area (Å²) < 4.78 is 0. The van der Waals surface area contributed by atoms with Crippen LogP contribution in [0.25, 0.3) is 0 Å². The van der Waals surface area contributed by atoms with Gasteiger partial charge in [-0.3, -0.25) is 10.1 Å². The minimum atomic E-state index is -0.513. The quantitative estimate of drug-likeness (QED) is 0.430. The minimum Gasteiger partial charge on any atom is -0.396 e. The van der Waals surface area contributed by atoms with Gasteiger partial charge in [0.2, 0.25) is 5.95 Å². The Balaban J connectivity index is 0.00000320. The number of benzene rings is 1. The molecule has 2 heterocycles. The van der Waals surface area contributed by atoms with Crippen LogP contribution in [0, 0.1) is 10.1 Å². The predicted octanol–water partition coefficient (Wildman–Crippen LogP) is 4.90.